The molecule has 0 radical (unpaired) electrons. The predicted molar refractivity (Wildman–Crippen MR) is 115 cm³/mol. The number of ether oxygens (including phenoxy) is 2. The molecule has 30 heavy (non-hydrogen) atoms. The summed E-state index contributed by atoms with van der Waals surface area (Å²) in [7, 11) is 0. The van der Waals surface area contributed by atoms with Crippen molar-refractivity contribution in [2.24, 2.45) is 4.99 Å². The van der Waals surface area contributed by atoms with Crippen LogP contribution in [0.3, 0.4) is 0 Å². The standard InChI is InChI=1S/C23H30FN3O3/c1-3-25-23(27-14-21(28)17-6-8-19(24)9-7-17)26-13-18-5-4-16(2)12-22(18)30-20-10-11-29-15-20/h4-9,12,20-21,28H,3,10-11,13-15H2,1-2H3,(H2,25,26,27). The zero-order chi connectivity index (χ0) is 21.3. The molecule has 0 amide bonds. The van der Waals surface area contributed by atoms with E-state index in [1.165, 1.54) is 12.1 Å². The summed E-state index contributed by atoms with van der Waals surface area (Å²) < 4.78 is 24.6. The molecule has 0 aromatic heterocycles. The van der Waals surface area contributed by atoms with E-state index < -0.39 is 6.10 Å². The van der Waals surface area contributed by atoms with Gasteiger partial charge in [0.2, 0.25) is 0 Å². The first-order valence-electron chi connectivity index (χ1n) is 10.3. The lowest BCUT2D eigenvalue weighted by Crippen LogP contribution is -2.39. The fourth-order valence-electron chi connectivity index (χ4n) is 3.19. The predicted octanol–water partition coefficient (Wildman–Crippen LogP) is 3.09. The van der Waals surface area contributed by atoms with Gasteiger partial charge in [0.25, 0.3) is 0 Å². The fraction of sp³-hybridized carbons (Fsp3) is 0.435. The minimum atomic E-state index is -0.768. The Balaban J connectivity index is 1.64. The summed E-state index contributed by atoms with van der Waals surface area (Å²) in [5, 5.41) is 16.7. The number of hydrogen-bond acceptors (Lipinski definition) is 4. The molecule has 2 aromatic rings. The molecule has 1 heterocycles. The van der Waals surface area contributed by atoms with Gasteiger partial charge in [0, 0.05) is 25.1 Å². The largest absolute Gasteiger partial charge is 0.488 e. The van der Waals surface area contributed by atoms with Crippen LogP contribution < -0.4 is 15.4 Å². The third kappa shape index (κ3) is 6.43. The van der Waals surface area contributed by atoms with Crippen LogP contribution in [-0.4, -0.2) is 43.5 Å². The maximum atomic E-state index is 13.1. The van der Waals surface area contributed by atoms with E-state index >= 15 is 0 Å². The lowest BCUT2D eigenvalue weighted by atomic mass is 10.1. The molecule has 0 aliphatic carbocycles. The molecule has 0 saturated carbocycles. The van der Waals surface area contributed by atoms with Gasteiger partial charge in [-0.3, -0.25) is 0 Å². The maximum Gasteiger partial charge on any atom is 0.191 e. The van der Waals surface area contributed by atoms with Gasteiger partial charge < -0.3 is 25.2 Å². The van der Waals surface area contributed by atoms with Crippen molar-refractivity contribution in [1.82, 2.24) is 10.6 Å². The van der Waals surface area contributed by atoms with Gasteiger partial charge in [-0.1, -0.05) is 24.3 Å². The molecule has 1 aliphatic rings. The Hall–Kier alpha value is -2.64. The molecular formula is C23H30FN3O3. The molecule has 2 unspecified atom stereocenters. The number of aliphatic hydroxyl groups is 1. The second-order valence-electron chi connectivity index (χ2n) is 7.36. The molecule has 1 aliphatic heterocycles. The van der Waals surface area contributed by atoms with Crippen molar-refractivity contribution < 1.29 is 19.0 Å². The smallest absolute Gasteiger partial charge is 0.191 e. The van der Waals surface area contributed by atoms with Crippen LogP contribution in [0.2, 0.25) is 0 Å². The molecule has 0 bridgehead atoms. The van der Waals surface area contributed by atoms with Crippen LogP contribution in [0.15, 0.2) is 47.5 Å². The third-order valence-electron chi connectivity index (χ3n) is 4.87. The fourth-order valence-corrected chi connectivity index (χ4v) is 3.19. The number of aliphatic hydroxyl groups excluding tert-OH is 1. The van der Waals surface area contributed by atoms with Crippen molar-refractivity contribution in [3.63, 3.8) is 0 Å². The lowest BCUT2D eigenvalue weighted by molar-refractivity contribution is 0.140. The summed E-state index contributed by atoms with van der Waals surface area (Å²) >= 11 is 0. The van der Waals surface area contributed by atoms with Crippen LogP contribution >= 0.6 is 0 Å². The number of nitrogens with zero attached hydrogens (tertiary/aromatic N) is 1. The average Bonchev–Trinajstić information content (AvgIpc) is 3.24. The second-order valence-corrected chi connectivity index (χ2v) is 7.36. The van der Waals surface area contributed by atoms with E-state index in [2.05, 4.69) is 15.6 Å². The van der Waals surface area contributed by atoms with Gasteiger partial charge in [-0.05, 0) is 43.2 Å². The van der Waals surface area contributed by atoms with E-state index in [1.807, 2.05) is 32.0 Å². The minimum absolute atomic E-state index is 0.0757. The van der Waals surface area contributed by atoms with E-state index in [1.54, 1.807) is 12.1 Å². The third-order valence-corrected chi connectivity index (χ3v) is 4.87. The molecule has 0 spiro atoms. The van der Waals surface area contributed by atoms with E-state index in [9.17, 15) is 9.50 Å². The highest BCUT2D eigenvalue weighted by Gasteiger charge is 2.18. The highest BCUT2D eigenvalue weighted by atomic mass is 19.1. The lowest BCUT2D eigenvalue weighted by Gasteiger charge is -2.17. The molecule has 1 fully saturated rings. The zero-order valence-electron chi connectivity index (χ0n) is 17.5. The van der Waals surface area contributed by atoms with E-state index in [0.29, 0.717) is 31.2 Å². The summed E-state index contributed by atoms with van der Waals surface area (Å²) in [4.78, 5) is 4.64. The summed E-state index contributed by atoms with van der Waals surface area (Å²) in [6, 6.07) is 11.9. The first kappa shape index (κ1) is 22.1. The Morgan fingerprint density at radius 2 is 2.07 bits per heavy atom. The molecule has 3 N–H and O–H groups in total. The summed E-state index contributed by atoms with van der Waals surface area (Å²) in [6.45, 7) is 6.74. The number of guanidine groups is 1. The van der Waals surface area contributed by atoms with Crippen LogP contribution in [0.5, 0.6) is 5.75 Å². The monoisotopic (exact) mass is 415 g/mol. The van der Waals surface area contributed by atoms with Crippen molar-refractivity contribution in [2.75, 3.05) is 26.3 Å². The number of nitrogens with one attached hydrogen (secondary N) is 2. The van der Waals surface area contributed by atoms with E-state index in [0.717, 1.165) is 29.9 Å². The topological polar surface area (TPSA) is 75.1 Å². The Kier molecular flexibility index (Phi) is 8.04. The van der Waals surface area contributed by atoms with Crippen LogP contribution in [0.1, 0.15) is 36.1 Å². The Morgan fingerprint density at radius 1 is 1.27 bits per heavy atom. The zero-order valence-corrected chi connectivity index (χ0v) is 17.5. The molecule has 6 nitrogen and oxygen atoms in total. The van der Waals surface area contributed by atoms with E-state index in [4.69, 9.17) is 9.47 Å². The summed E-state index contributed by atoms with van der Waals surface area (Å²) in [5.74, 6) is 1.10. The average molecular weight is 416 g/mol. The highest BCUT2D eigenvalue weighted by Crippen LogP contribution is 2.24. The first-order chi connectivity index (χ1) is 14.5. The van der Waals surface area contributed by atoms with Crippen LogP contribution in [0, 0.1) is 12.7 Å². The molecule has 2 aromatic carbocycles. The van der Waals surface area contributed by atoms with Crippen molar-refractivity contribution >= 4 is 5.96 Å². The quantitative estimate of drug-likeness (QED) is 0.456. The van der Waals surface area contributed by atoms with Gasteiger partial charge in [-0.25, -0.2) is 9.38 Å². The number of benzene rings is 2. The molecule has 1 saturated heterocycles. The number of halogens is 1. The SMILES string of the molecule is CCNC(=NCc1ccc(C)cc1OC1CCOC1)NCC(O)c1ccc(F)cc1. The second kappa shape index (κ2) is 10.9. The Morgan fingerprint density at radius 3 is 2.77 bits per heavy atom. The molecule has 3 rings (SSSR count). The molecule has 162 valence electrons. The normalized spacial score (nSPS) is 17.6. The molecular weight excluding hydrogens is 385 g/mol. The van der Waals surface area contributed by atoms with Crippen LogP contribution in [-0.2, 0) is 11.3 Å². The Bertz CT molecular complexity index is 836. The number of aliphatic imine (C=N–C) groups is 1. The van der Waals surface area contributed by atoms with Gasteiger partial charge in [-0.2, -0.15) is 0 Å². The minimum Gasteiger partial charge on any atom is -0.488 e. The van der Waals surface area contributed by atoms with Gasteiger partial charge >= 0.3 is 0 Å². The van der Waals surface area contributed by atoms with Gasteiger partial charge in [0.1, 0.15) is 17.7 Å². The molecule has 7 heteroatoms. The number of rotatable bonds is 8. The van der Waals surface area contributed by atoms with Crippen LogP contribution in [0.25, 0.3) is 0 Å². The van der Waals surface area contributed by atoms with Gasteiger partial charge in [0.05, 0.1) is 25.9 Å². The molecule has 2 atom stereocenters. The highest BCUT2D eigenvalue weighted by molar-refractivity contribution is 5.79. The van der Waals surface area contributed by atoms with Crippen LogP contribution in [0.4, 0.5) is 4.39 Å². The first-order valence-corrected chi connectivity index (χ1v) is 10.3. The summed E-state index contributed by atoms with van der Waals surface area (Å²) in [5.41, 5.74) is 2.76. The summed E-state index contributed by atoms with van der Waals surface area (Å²) in [6.07, 6.45) is 0.198. The van der Waals surface area contributed by atoms with Gasteiger partial charge in [0.15, 0.2) is 5.96 Å². The van der Waals surface area contributed by atoms with Crippen molar-refractivity contribution in [3.05, 3.63) is 65.0 Å². The Labute approximate surface area is 177 Å². The number of aryl methyl sites for hydroxylation is 1. The van der Waals surface area contributed by atoms with Crippen molar-refractivity contribution in [1.29, 1.82) is 0 Å². The number of hydrogen-bond donors (Lipinski definition) is 3. The maximum absolute atomic E-state index is 13.1. The van der Waals surface area contributed by atoms with E-state index in [-0.39, 0.29) is 18.5 Å². The van der Waals surface area contributed by atoms with Crippen molar-refractivity contribution in [3.8, 4) is 5.75 Å². The van der Waals surface area contributed by atoms with Gasteiger partial charge in [-0.15, -0.1) is 0 Å². The van der Waals surface area contributed by atoms with Crippen molar-refractivity contribution in [2.45, 2.75) is 39.0 Å².